The van der Waals surface area contributed by atoms with E-state index in [2.05, 4.69) is 10.6 Å². The second-order valence-corrected chi connectivity index (χ2v) is 6.76. The highest BCUT2D eigenvalue weighted by Crippen LogP contribution is 2.38. The average molecular weight is 375 g/mol. The van der Waals surface area contributed by atoms with Gasteiger partial charge >= 0.3 is 0 Å². The second-order valence-electron chi connectivity index (χ2n) is 6.36. The number of carbonyl (C=O) groups is 1. The summed E-state index contributed by atoms with van der Waals surface area (Å²) in [5.41, 5.74) is 2.45. The normalized spacial score (nSPS) is 16.4. The summed E-state index contributed by atoms with van der Waals surface area (Å²) in [6.45, 7) is 6.31. The third kappa shape index (κ3) is 4.05. The number of halogens is 1. The minimum atomic E-state index is -0.484. The molecular formula is C20H23ClN2O3. The molecule has 1 heterocycles. The van der Waals surface area contributed by atoms with Crippen molar-refractivity contribution in [2.24, 2.45) is 0 Å². The van der Waals surface area contributed by atoms with Gasteiger partial charge in [0.1, 0.15) is 23.6 Å². The highest BCUT2D eigenvalue weighted by atomic mass is 35.5. The van der Waals surface area contributed by atoms with E-state index in [1.807, 2.05) is 38.1 Å². The van der Waals surface area contributed by atoms with Crippen LogP contribution in [0.2, 0.25) is 5.02 Å². The molecular weight excluding hydrogens is 352 g/mol. The van der Waals surface area contributed by atoms with Gasteiger partial charge in [-0.15, -0.1) is 0 Å². The van der Waals surface area contributed by atoms with Crippen molar-refractivity contribution in [3.8, 4) is 11.5 Å². The number of benzene rings is 2. The van der Waals surface area contributed by atoms with Gasteiger partial charge in [-0.25, -0.2) is 0 Å². The van der Waals surface area contributed by atoms with Crippen LogP contribution in [-0.2, 0) is 11.2 Å². The summed E-state index contributed by atoms with van der Waals surface area (Å²) in [6, 6.07) is 10.6. The standard InChI is InChI=1S/C20H23ClN2O3/c1-4-25-19-10-14-9-12(2)26-18(14)11-17(19)22-13(3)20(24)23-16-8-6-5-7-15(16)21/h5-8,10-13,22H,4,9H2,1-3H3,(H,23,24)/t12-,13+/m0/s1. The Hall–Kier alpha value is -2.40. The van der Waals surface area contributed by atoms with Crippen molar-refractivity contribution in [1.82, 2.24) is 0 Å². The molecule has 0 aromatic heterocycles. The molecule has 2 N–H and O–H groups in total. The first-order valence-electron chi connectivity index (χ1n) is 8.76. The Kier molecular flexibility index (Phi) is 5.57. The zero-order valence-electron chi connectivity index (χ0n) is 15.1. The van der Waals surface area contributed by atoms with Gasteiger partial charge < -0.3 is 20.1 Å². The van der Waals surface area contributed by atoms with Crippen LogP contribution in [0.15, 0.2) is 36.4 Å². The lowest BCUT2D eigenvalue weighted by molar-refractivity contribution is -0.116. The molecule has 2 aromatic rings. The lowest BCUT2D eigenvalue weighted by Gasteiger charge is -2.19. The molecule has 0 saturated heterocycles. The summed E-state index contributed by atoms with van der Waals surface area (Å²) >= 11 is 6.11. The number of fused-ring (bicyclic) bond motifs is 1. The average Bonchev–Trinajstić information content (AvgIpc) is 2.96. The van der Waals surface area contributed by atoms with Crippen LogP contribution in [0.25, 0.3) is 0 Å². The van der Waals surface area contributed by atoms with Crippen LogP contribution in [-0.4, -0.2) is 24.7 Å². The summed E-state index contributed by atoms with van der Waals surface area (Å²) in [5.74, 6) is 1.37. The van der Waals surface area contributed by atoms with Gasteiger partial charge in [0, 0.05) is 18.1 Å². The zero-order valence-corrected chi connectivity index (χ0v) is 15.9. The van der Waals surface area contributed by atoms with Gasteiger partial charge in [0.05, 0.1) is 23.0 Å². The van der Waals surface area contributed by atoms with E-state index < -0.39 is 6.04 Å². The molecule has 6 heteroatoms. The fraction of sp³-hybridized carbons (Fsp3) is 0.350. The molecule has 2 aromatic carbocycles. The van der Waals surface area contributed by atoms with E-state index in [0.29, 0.717) is 17.3 Å². The van der Waals surface area contributed by atoms with E-state index in [4.69, 9.17) is 21.1 Å². The summed E-state index contributed by atoms with van der Waals surface area (Å²) < 4.78 is 11.6. The summed E-state index contributed by atoms with van der Waals surface area (Å²) in [7, 11) is 0. The van der Waals surface area contributed by atoms with Gasteiger partial charge in [0.2, 0.25) is 5.91 Å². The molecule has 3 rings (SSSR count). The lowest BCUT2D eigenvalue weighted by Crippen LogP contribution is -2.32. The highest BCUT2D eigenvalue weighted by Gasteiger charge is 2.23. The van der Waals surface area contributed by atoms with Crippen molar-refractivity contribution in [3.05, 3.63) is 47.0 Å². The van der Waals surface area contributed by atoms with E-state index in [1.54, 1.807) is 19.1 Å². The largest absolute Gasteiger partial charge is 0.492 e. The Bertz CT molecular complexity index is 810. The maximum absolute atomic E-state index is 12.5. The van der Waals surface area contributed by atoms with Gasteiger partial charge in [-0.1, -0.05) is 23.7 Å². The molecule has 0 spiro atoms. The first-order chi connectivity index (χ1) is 12.5. The number of anilines is 2. The van der Waals surface area contributed by atoms with E-state index in [0.717, 1.165) is 29.2 Å². The Balaban J connectivity index is 1.76. The van der Waals surface area contributed by atoms with Crippen LogP contribution in [0, 0.1) is 0 Å². The van der Waals surface area contributed by atoms with E-state index >= 15 is 0 Å². The SMILES string of the molecule is CCOc1cc2c(cc1N[C@H](C)C(=O)Nc1ccccc1Cl)O[C@@H](C)C2. The maximum atomic E-state index is 12.5. The number of hydrogen-bond acceptors (Lipinski definition) is 4. The smallest absolute Gasteiger partial charge is 0.246 e. The van der Waals surface area contributed by atoms with Crippen LogP contribution in [0.1, 0.15) is 26.3 Å². The molecule has 0 unspecified atom stereocenters. The summed E-state index contributed by atoms with van der Waals surface area (Å²) in [5, 5.41) is 6.56. The van der Waals surface area contributed by atoms with Crippen molar-refractivity contribution in [2.45, 2.75) is 39.3 Å². The van der Waals surface area contributed by atoms with E-state index in [1.165, 1.54) is 0 Å². The highest BCUT2D eigenvalue weighted by molar-refractivity contribution is 6.33. The van der Waals surface area contributed by atoms with Crippen LogP contribution >= 0.6 is 11.6 Å². The van der Waals surface area contributed by atoms with Crippen molar-refractivity contribution < 1.29 is 14.3 Å². The number of amides is 1. The molecule has 26 heavy (non-hydrogen) atoms. The Labute approximate surface area is 158 Å². The second kappa shape index (κ2) is 7.87. The van der Waals surface area contributed by atoms with Crippen molar-refractivity contribution in [2.75, 3.05) is 17.2 Å². The maximum Gasteiger partial charge on any atom is 0.246 e. The minimum Gasteiger partial charge on any atom is -0.492 e. The molecule has 138 valence electrons. The topological polar surface area (TPSA) is 59.6 Å². The first-order valence-corrected chi connectivity index (χ1v) is 9.14. The Morgan fingerprint density at radius 1 is 1.35 bits per heavy atom. The third-order valence-electron chi connectivity index (χ3n) is 4.20. The first kappa shape index (κ1) is 18.4. The Morgan fingerprint density at radius 3 is 2.85 bits per heavy atom. The minimum absolute atomic E-state index is 0.149. The van der Waals surface area contributed by atoms with Crippen LogP contribution in [0.5, 0.6) is 11.5 Å². The molecule has 0 aliphatic carbocycles. The number of rotatable bonds is 6. The predicted octanol–water partition coefficient (Wildman–Crippen LogP) is 4.50. The molecule has 1 aliphatic heterocycles. The molecule has 0 radical (unpaired) electrons. The summed E-state index contributed by atoms with van der Waals surface area (Å²) in [4.78, 5) is 12.5. The molecule has 1 aliphatic rings. The zero-order chi connectivity index (χ0) is 18.7. The van der Waals surface area contributed by atoms with Crippen LogP contribution < -0.4 is 20.1 Å². The molecule has 0 saturated carbocycles. The van der Waals surface area contributed by atoms with E-state index in [9.17, 15) is 4.79 Å². The van der Waals surface area contributed by atoms with Gasteiger partial charge in [0.15, 0.2) is 0 Å². The van der Waals surface area contributed by atoms with Gasteiger partial charge in [-0.05, 0) is 39.0 Å². The lowest BCUT2D eigenvalue weighted by atomic mass is 10.1. The molecule has 5 nitrogen and oxygen atoms in total. The number of hydrogen-bond donors (Lipinski definition) is 2. The van der Waals surface area contributed by atoms with E-state index in [-0.39, 0.29) is 12.0 Å². The van der Waals surface area contributed by atoms with Gasteiger partial charge in [0.25, 0.3) is 0 Å². The number of carbonyl (C=O) groups excluding carboxylic acids is 1. The fourth-order valence-electron chi connectivity index (χ4n) is 2.93. The Morgan fingerprint density at radius 2 is 2.12 bits per heavy atom. The van der Waals surface area contributed by atoms with Crippen LogP contribution in [0.3, 0.4) is 0 Å². The number of para-hydroxylation sites is 1. The molecule has 1 amide bonds. The predicted molar refractivity (Wildman–Crippen MR) is 105 cm³/mol. The third-order valence-corrected chi connectivity index (χ3v) is 4.52. The van der Waals surface area contributed by atoms with Crippen molar-refractivity contribution in [3.63, 3.8) is 0 Å². The van der Waals surface area contributed by atoms with Crippen molar-refractivity contribution in [1.29, 1.82) is 0 Å². The fourth-order valence-corrected chi connectivity index (χ4v) is 3.11. The molecule has 0 fully saturated rings. The van der Waals surface area contributed by atoms with Gasteiger partial charge in [-0.2, -0.15) is 0 Å². The van der Waals surface area contributed by atoms with Crippen LogP contribution in [0.4, 0.5) is 11.4 Å². The quantitative estimate of drug-likeness (QED) is 0.781. The molecule has 2 atom stereocenters. The summed E-state index contributed by atoms with van der Waals surface area (Å²) in [6.07, 6.45) is 1.01. The van der Waals surface area contributed by atoms with Gasteiger partial charge in [-0.3, -0.25) is 4.79 Å². The number of nitrogens with one attached hydrogen (secondary N) is 2. The van der Waals surface area contributed by atoms with Crippen molar-refractivity contribution >= 4 is 28.9 Å². The monoisotopic (exact) mass is 374 g/mol. The number of ether oxygens (including phenoxy) is 2. The molecule has 0 bridgehead atoms.